The van der Waals surface area contributed by atoms with Gasteiger partial charge in [0.05, 0.1) is 40.8 Å². The van der Waals surface area contributed by atoms with Crippen molar-refractivity contribution in [2.24, 2.45) is 0 Å². The fraction of sp³-hybridized carbons (Fsp3) is 0.435. The minimum atomic E-state index is -3.10. The number of benzene rings is 1. The number of aryl methyl sites for hydroxylation is 2. The number of rotatable bonds is 8. The Morgan fingerprint density at radius 3 is 2.70 bits per heavy atom. The Balaban J connectivity index is 1.61. The summed E-state index contributed by atoms with van der Waals surface area (Å²) in [5, 5.41) is 5.29. The van der Waals surface area contributed by atoms with Crippen molar-refractivity contribution in [3.05, 3.63) is 47.7 Å². The van der Waals surface area contributed by atoms with Gasteiger partial charge in [-0.05, 0) is 31.9 Å². The second-order valence-corrected chi connectivity index (χ2v) is 11.4. The molecule has 1 saturated heterocycles. The number of hydrogen-bond acceptors (Lipinski definition) is 7. The van der Waals surface area contributed by atoms with Crippen LogP contribution in [0.1, 0.15) is 17.7 Å². The molecule has 1 aliphatic heterocycles. The molecule has 0 spiro atoms. The van der Waals surface area contributed by atoms with Crippen molar-refractivity contribution in [2.75, 3.05) is 37.5 Å². The molecule has 0 radical (unpaired) electrons. The lowest BCUT2D eigenvalue weighted by Gasteiger charge is -2.27. The van der Waals surface area contributed by atoms with Crippen molar-refractivity contribution in [1.82, 2.24) is 19.5 Å². The van der Waals surface area contributed by atoms with Crippen LogP contribution in [0, 0.1) is 13.8 Å². The Morgan fingerprint density at radius 2 is 2.03 bits per heavy atom. The highest BCUT2D eigenvalue weighted by molar-refractivity contribution is 7.99. The van der Waals surface area contributed by atoms with E-state index in [1.54, 1.807) is 12.0 Å². The third-order valence-electron chi connectivity index (χ3n) is 5.76. The maximum atomic E-state index is 13.2. The maximum Gasteiger partial charge on any atom is 0.233 e. The molecule has 0 saturated carbocycles. The summed E-state index contributed by atoms with van der Waals surface area (Å²) < 4.78 is 30.9. The summed E-state index contributed by atoms with van der Waals surface area (Å²) in [6.07, 6.45) is 0.465. The van der Waals surface area contributed by atoms with Gasteiger partial charge in [-0.25, -0.2) is 17.9 Å². The first kappa shape index (κ1) is 23.7. The fourth-order valence-electron chi connectivity index (χ4n) is 4.23. The van der Waals surface area contributed by atoms with Crippen LogP contribution in [-0.4, -0.2) is 77.4 Å². The highest BCUT2D eigenvalue weighted by Crippen LogP contribution is 2.31. The van der Waals surface area contributed by atoms with Crippen LogP contribution in [0.4, 0.5) is 0 Å². The van der Waals surface area contributed by atoms with Gasteiger partial charge in [0.2, 0.25) is 5.91 Å². The van der Waals surface area contributed by atoms with Crippen LogP contribution in [0.5, 0.6) is 0 Å². The van der Waals surface area contributed by atoms with Crippen molar-refractivity contribution >= 4 is 33.0 Å². The van der Waals surface area contributed by atoms with Gasteiger partial charge in [-0.1, -0.05) is 42.1 Å². The standard InChI is InChI=1S/C23H28N4O4S2/c1-16-13-17(2)25-27-22(16)21(18-7-5-4-6-8-18)24-23(27)32-14-20(28)26(10-11-31-3)19-9-12-33(29,30)15-19/h4-8,13,19H,9-12,14-15H2,1-3H3. The molecular formula is C23H28N4O4S2. The first-order valence-electron chi connectivity index (χ1n) is 10.8. The van der Waals surface area contributed by atoms with Crippen LogP contribution in [0.3, 0.4) is 0 Å². The summed E-state index contributed by atoms with van der Waals surface area (Å²) in [5.41, 5.74) is 4.65. The molecule has 3 heterocycles. The highest BCUT2D eigenvalue weighted by atomic mass is 32.2. The third-order valence-corrected chi connectivity index (χ3v) is 8.42. The molecule has 1 atom stereocenters. The van der Waals surface area contributed by atoms with E-state index in [2.05, 4.69) is 5.10 Å². The Morgan fingerprint density at radius 1 is 1.27 bits per heavy atom. The van der Waals surface area contributed by atoms with E-state index in [9.17, 15) is 13.2 Å². The molecule has 1 amide bonds. The zero-order chi connectivity index (χ0) is 23.6. The minimum Gasteiger partial charge on any atom is -0.383 e. The largest absolute Gasteiger partial charge is 0.383 e. The molecule has 2 aromatic heterocycles. The normalized spacial score (nSPS) is 17.5. The van der Waals surface area contributed by atoms with Crippen molar-refractivity contribution < 1.29 is 17.9 Å². The summed E-state index contributed by atoms with van der Waals surface area (Å²) in [7, 11) is -1.53. The summed E-state index contributed by atoms with van der Waals surface area (Å²) >= 11 is 1.32. The lowest BCUT2D eigenvalue weighted by Crippen LogP contribution is -2.44. The van der Waals surface area contributed by atoms with Gasteiger partial charge in [-0.2, -0.15) is 5.10 Å². The zero-order valence-corrected chi connectivity index (χ0v) is 20.7. The SMILES string of the molecule is COCCN(C(=O)CSc1nc(-c2ccccc2)c2c(C)cc(C)nn12)C1CCS(=O)(=O)C1. The van der Waals surface area contributed by atoms with Crippen LogP contribution in [0.2, 0.25) is 0 Å². The molecular weight excluding hydrogens is 460 g/mol. The molecule has 176 valence electrons. The summed E-state index contributed by atoms with van der Waals surface area (Å²) in [5.74, 6) is 0.149. The number of imidazole rings is 1. The van der Waals surface area contributed by atoms with Crippen LogP contribution >= 0.6 is 11.8 Å². The van der Waals surface area contributed by atoms with E-state index in [1.807, 2.05) is 54.8 Å². The number of aromatic nitrogens is 3. The smallest absolute Gasteiger partial charge is 0.233 e. The van der Waals surface area contributed by atoms with Gasteiger partial charge >= 0.3 is 0 Å². The van der Waals surface area contributed by atoms with E-state index < -0.39 is 9.84 Å². The zero-order valence-electron chi connectivity index (χ0n) is 19.0. The Bertz CT molecular complexity index is 1260. The first-order valence-corrected chi connectivity index (χ1v) is 13.6. The number of carbonyl (C=O) groups excluding carboxylic acids is 1. The molecule has 8 nitrogen and oxygen atoms in total. The van der Waals surface area contributed by atoms with Gasteiger partial charge in [-0.3, -0.25) is 4.79 Å². The van der Waals surface area contributed by atoms with Crippen LogP contribution in [0.15, 0.2) is 41.6 Å². The summed E-state index contributed by atoms with van der Waals surface area (Å²) in [6.45, 7) is 4.69. The number of thioether (sulfide) groups is 1. The lowest BCUT2D eigenvalue weighted by molar-refractivity contribution is -0.130. The minimum absolute atomic E-state index is 0.0114. The molecule has 0 aliphatic carbocycles. The third kappa shape index (κ3) is 5.23. The second kappa shape index (κ2) is 9.82. The van der Waals surface area contributed by atoms with E-state index in [-0.39, 0.29) is 29.2 Å². The van der Waals surface area contributed by atoms with Crippen LogP contribution in [-0.2, 0) is 19.4 Å². The van der Waals surface area contributed by atoms with Gasteiger partial charge in [0.1, 0.15) is 0 Å². The lowest BCUT2D eigenvalue weighted by atomic mass is 10.1. The van der Waals surface area contributed by atoms with Crippen LogP contribution < -0.4 is 0 Å². The average molecular weight is 489 g/mol. The van der Waals surface area contributed by atoms with Gasteiger partial charge in [0.25, 0.3) is 0 Å². The Labute approximate surface area is 198 Å². The molecule has 1 aliphatic rings. The van der Waals surface area contributed by atoms with Crippen LogP contribution in [0.25, 0.3) is 16.8 Å². The van der Waals surface area contributed by atoms with E-state index in [4.69, 9.17) is 9.72 Å². The quantitative estimate of drug-likeness (QED) is 0.450. The second-order valence-electron chi connectivity index (χ2n) is 8.26. The van der Waals surface area contributed by atoms with Gasteiger partial charge < -0.3 is 9.64 Å². The molecule has 1 aromatic carbocycles. The molecule has 1 unspecified atom stereocenters. The fourth-order valence-corrected chi connectivity index (χ4v) is 6.79. The van der Waals surface area contributed by atoms with Crippen molar-refractivity contribution in [3.8, 4) is 11.3 Å². The number of nitrogens with zero attached hydrogens (tertiary/aromatic N) is 4. The predicted molar refractivity (Wildman–Crippen MR) is 129 cm³/mol. The molecule has 0 bridgehead atoms. The Hall–Kier alpha value is -2.43. The maximum absolute atomic E-state index is 13.2. The topological polar surface area (TPSA) is 93.9 Å². The number of methoxy groups -OCH3 is 1. The summed E-state index contributed by atoms with van der Waals surface area (Å²) in [6, 6.07) is 11.6. The molecule has 33 heavy (non-hydrogen) atoms. The van der Waals surface area contributed by atoms with Crippen molar-refractivity contribution in [1.29, 1.82) is 0 Å². The molecule has 3 aromatic rings. The van der Waals surface area contributed by atoms with Crippen molar-refractivity contribution in [2.45, 2.75) is 31.5 Å². The Kier molecular flexibility index (Phi) is 7.06. The first-order chi connectivity index (χ1) is 15.8. The molecule has 4 rings (SSSR count). The van der Waals surface area contributed by atoms with Gasteiger partial charge in [0.15, 0.2) is 15.0 Å². The number of ether oxygens (including phenoxy) is 1. The van der Waals surface area contributed by atoms with E-state index in [0.717, 1.165) is 28.0 Å². The molecule has 1 fully saturated rings. The van der Waals surface area contributed by atoms with E-state index in [0.29, 0.717) is 24.7 Å². The van der Waals surface area contributed by atoms with E-state index >= 15 is 0 Å². The number of hydrogen-bond donors (Lipinski definition) is 0. The van der Waals surface area contributed by atoms with Gasteiger partial charge in [-0.15, -0.1) is 0 Å². The summed E-state index contributed by atoms with van der Waals surface area (Å²) in [4.78, 5) is 19.7. The molecule has 0 N–H and O–H groups in total. The number of amides is 1. The molecule has 10 heteroatoms. The van der Waals surface area contributed by atoms with Gasteiger partial charge in [0, 0.05) is 25.3 Å². The number of carbonyl (C=O) groups is 1. The van der Waals surface area contributed by atoms with E-state index in [1.165, 1.54) is 11.8 Å². The monoisotopic (exact) mass is 488 g/mol. The highest BCUT2D eigenvalue weighted by Gasteiger charge is 2.34. The average Bonchev–Trinajstić information content (AvgIpc) is 3.33. The van der Waals surface area contributed by atoms with Crippen molar-refractivity contribution in [3.63, 3.8) is 0 Å². The predicted octanol–water partition coefficient (Wildman–Crippen LogP) is 2.77. The number of fused-ring (bicyclic) bond motifs is 1. The number of sulfone groups is 1.